The first-order valence-electron chi connectivity index (χ1n) is 4.54. The lowest BCUT2D eigenvalue weighted by molar-refractivity contribution is -0.385. The maximum Gasteiger partial charge on any atom is 0.273 e. The number of aromatic nitrogens is 2. The molecule has 0 atom stereocenters. The number of alkyl halides is 1. The van der Waals surface area contributed by atoms with Crippen LogP contribution in [0.5, 0.6) is 0 Å². The molecule has 0 radical (unpaired) electrons. The predicted octanol–water partition coefficient (Wildman–Crippen LogP) is 2.68. The van der Waals surface area contributed by atoms with Gasteiger partial charge in [-0.25, -0.2) is 4.98 Å². The second-order valence-corrected chi connectivity index (χ2v) is 3.73. The topological polar surface area (TPSA) is 61.0 Å². The van der Waals surface area contributed by atoms with Crippen molar-refractivity contribution in [3.63, 3.8) is 0 Å². The summed E-state index contributed by atoms with van der Waals surface area (Å²) in [6, 6.07) is 4.98. The van der Waals surface area contributed by atoms with Gasteiger partial charge in [-0.15, -0.1) is 0 Å². The molecule has 0 amide bonds. The van der Waals surface area contributed by atoms with E-state index in [2.05, 4.69) is 20.9 Å². The van der Waals surface area contributed by atoms with Crippen molar-refractivity contribution in [2.75, 3.05) is 0 Å². The van der Waals surface area contributed by atoms with Crippen LogP contribution in [0.1, 0.15) is 5.56 Å². The largest absolute Gasteiger partial charge is 0.306 e. The molecule has 0 aliphatic heterocycles. The Morgan fingerprint density at radius 2 is 2.31 bits per heavy atom. The molecule has 82 valence electrons. The molecule has 16 heavy (non-hydrogen) atoms. The van der Waals surface area contributed by atoms with Gasteiger partial charge >= 0.3 is 0 Å². The molecule has 2 rings (SSSR count). The van der Waals surface area contributed by atoms with E-state index in [1.165, 1.54) is 6.07 Å². The van der Waals surface area contributed by atoms with Gasteiger partial charge in [0.15, 0.2) is 0 Å². The highest BCUT2D eigenvalue weighted by molar-refractivity contribution is 9.08. The van der Waals surface area contributed by atoms with Crippen molar-refractivity contribution in [1.29, 1.82) is 0 Å². The second kappa shape index (κ2) is 4.44. The zero-order chi connectivity index (χ0) is 11.5. The van der Waals surface area contributed by atoms with Gasteiger partial charge < -0.3 is 4.57 Å². The number of nitrogens with zero attached hydrogens (tertiary/aromatic N) is 3. The molecular weight excluding hydrogens is 274 g/mol. The molecule has 0 bridgehead atoms. The number of hydrogen-bond donors (Lipinski definition) is 0. The lowest BCUT2D eigenvalue weighted by Gasteiger charge is -2.04. The van der Waals surface area contributed by atoms with Crippen LogP contribution in [0.4, 0.5) is 5.69 Å². The Balaban J connectivity index is 2.49. The van der Waals surface area contributed by atoms with E-state index in [1.54, 1.807) is 35.4 Å². The van der Waals surface area contributed by atoms with Crippen LogP contribution < -0.4 is 0 Å². The van der Waals surface area contributed by atoms with Gasteiger partial charge in [0.1, 0.15) is 0 Å². The van der Waals surface area contributed by atoms with Crippen LogP contribution in [0, 0.1) is 10.1 Å². The van der Waals surface area contributed by atoms with E-state index in [9.17, 15) is 10.1 Å². The van der Waals surface area contributed by atoms with Crippen LogP contribution in [0.3, 0.4) is 0 Å². The number of nitro groups is 1. The third-order valence-electron chi connectivity index (χ3n) is 2.21. The summed E-state index contributed by atoms with van der Waals surface area (Å²) in [5.41, 5.74) is 1.63. The first kappa shape index (κ1) is 10.8. The van der Waals surface area contributed by atoms with E-state index in [-0.39, 0.29) is 10.6 Å². The summed E-state index contributed by atoms with van der Waals surface area (Å²) in [5.74, 6) is 0. The van der Waals surface area contributed by atoms with Gasteiger partial charge in [0.25, 0.3) is 5.69 Å². The monoisotopic (exact) mass is 281 g/mol. The summed E-state index contributed by atoms with van der Waals surface area (Å²) in [7, 11) is 0. The van der Waals surface area contributed by atoms with Crippen molar-refractivity contribution in [3.8, 4) is 5.69 Å². The third kappa shape index (κ3) is 1.96. The molecule has 0 fully saturated rings. The van der Waals surface area contributed by atoms with Crippen LogP contribution >= 0.6 is 15.9 Å². The Kier molecular flexibility index (Phi) is 3.00. The number of benzene rings is 1. The molecule has 2 aromatic rings. The summed E-state index contributed by atoms with van der Waals surface area (Å²) >= 11 is 3.24. The summed E-state index contributed by atoms with van der Waals surface area (Å²) in [5, 5.41) is 11.2. The quantitative estimate of drug-likeness (QED) is 0.494. The minimum atomic E-state index is -0.381. The van der Waals surface area contributed by atoms with Gasteiger partial charge in [0.05, 0.1) is 11.3 Å². The molecular formula is C10H8BrN3O2. The highest BCUT2D eigenvalue weighted by atomic mass is 79.9. The molecule has 0 N–H and O–H groups in total. The number of imidazole rings is 1. The molecule has 0 spiro atoms. The van der Waals surface area contributed by atoms with Crippen LogP contribution in [-0.2, 0) is 5.33 Å². The molecule has 0 aliphatic carbocycles. The molecule has 5 nitrogen and oxygen atoms in total. The molecule has 6 heteroatoms. The Bertz CT molecular complexity index is 511. The number of rotatable bonds is 3. The zero-order valence-corrected chi connectivity index (χ0v) is 9.79. The summed E-state index contributed by atoms with van der Waals surface area (Å²) in [4.78, 5) is 14.3. The van der Waals surface area contributed by atoms with Gasteiger partial charge in [0, 0.05) is 35.0 Å². The number of hydrogen-bond acceptors (Lipinski definition) is 3. The van der Waals surface area contributed by atoms with Gasteiger partial charge in [-0.3, -0.25) is 10.1 Å². The Hall–Kier alpha value is -1.69. The summed E-state index contributed by atoms with van der Waals surface area (Å²) < 4.78 is 1.80. The lowest BCUT2D eigenvalue weighted by atomic mass is 10.2. The maximum atomic E-state index is 10.7. The van der Waals surface area contributed by atoms with E-state index in [0.29, 0.717) is 10.9 Å². The summed E-state index contributed by atoms with van der Waals surface area (Å²) in [6.07, 6.45) is 5.10. The zero-order valence-electron chi connectivity index (χ0n) is 8.21. The highest BCUT2D eigenvalue weighted by Gasteiger charge is 2.13. The Morgan fingerprint density at radius 3 is 2.88 bits per heavy atom. The first-order valence-corrected chi connectivity index (χ1v) is 5.66. The maximum absolute atomic E-state index is 10.7. The van der Waals surface area contributed by atoms with E-state index in [0.717, 1.165) is 5.69 Å². The average molecular weight is 282 g/mol. The van der Waals surface area contributed by atoms with Crippen molar-refractivity contribution in [2.24, 2.45) is 0 Å². The predicted molar refractivity (Wildman–Crippen MR) is 62.8 cm³/mol. The van der Waals surface area contributed by atoms with Gasteiger partial charge in [-0.2, -0.15) is 0 Å². The molecule has 0 aliphatic rings. The minimum absolute atomic E-state index is 0.126. The van der Waals surface area contributed by atoms with Crippen LogP contribution in [0.25, 0.3) is 5.69 Å². The van der Waals surface area contributed by atoms with Crippen molar-refractivity contribution in [1.82, 2.24) is 9.55 Å². The van der Waals surface area contributed by atoms with E-state index in [4.69, 9.17) is 0 Å². The molecule has 0 saturated carbocycles. The normalized spacial score (nSPS) is 10.3. The van der Waals surface area contributed by atoms with Gasteiger partial charge in [-0.1, -0.05) is 15.9 Å². The van der Waals surface area contributed by atoms with Crippen molar-refractivity contribution < 1.29 is 4.92 Å². The van der Waals surface area contributed by atoms with E-state index < -0.39 is 0 Å². The standard InChI is InChI=1S/C10H8BrN3O2/c11-6-8-5-9(13-4-3-12-7-13)1-2-10(8)14(15)16/h1-5,7H,6H2. The summed E-state index contributed by atoms with van der Waals surface area (Å²) in [6.45, 7) is 0. The highest BCUT2D eigenvalue weighted by Crippen LogP contribution is 2.23. The minimum Gasteiger partial charge on any atom is -0.306 e. The fourth-order valence-electron chi connectivity index (χ4n) is 1.43. The van der Waals surface area contributed by atoms with Crippen molar-refractivity contribution >= 4 is 21.6 Å². The molecule has 0 unspecified atom stereocenters. The first-order chi connectivity index (χ1) is 7.72. The van der Waals surface area contributed by atoms with E-state index >= 15 is 0 Å². The smallest absolute Gasteiger partial charge is 0.273 e. The third-order valence-corrected chi connectivity index (χ3v) is 2.81. The van der Waals surface area contributed by atoms with Gasteiger partial charge in [0.2, 0.25) is 0 Å². The molecule has 1 aromatic heterocycles. The SMILES string of the molecule is O=[N+]([O-])c1ccc(-n2ccnc2)cc1CBr. The van der Waals surface area contributed by atoms with E-state index in [1.807, 2.05) is 0 Å². The van der Waals surface area contributed by atoms with Crippen LogP contribution in [0.2, 0.25) is 0 Å². The number of halogens is 1. The Labute approximate surface area is 100 Å². The fourth-order valence-corrected chi connectivity index (χ4v) is 1.88. The lowest BCUT2D eigenvalue weighted by Crippen LogP contribution is -1.96. The van der Waals surface area contributed by atoms with Gasteiger partial charge in [-0.05, 0) is 12.1 Å². The molecule has 1 heterocycles. The number of nitro benzene ring substituents is 1. The molecule has 0 saturated heterocycles. The average Bonchev–Trinajstić information content (AvgIpc) is 2.81. The molecule has 1 aromatic carbocycles. The fraction of sp³-hybridized carbons (Fsp3) is 0.100. The van der Waals surface area contributed by atoms with Crippen molar-refractivity contribution in [3.05, 3.63) is 52.6 Å². The Morgan fingerprint density at radius 1 is 1.50 bits per heavy atom. The second-order valence-electron chi connectivity index (χ2n) is 3.17. The van der Waals surface area contributed by atoms with Crippen LogP contribution in [0.15, 0.2) is 36.9 Å². The van der Waals surface area contributed by atoms with Crippen molar-refractivity contribution in [2.45, 2.75) is 5.33 Å². The van der Waals surface area contributed by atoms with Crippen LogP contribution in [-0.4, -0.2) is 14.5 Å².